The van der Waals surface area contributed by atoms with E-state index in [0.717, 1.165) is 34.8 Å². The number of amides is 2. The van der Waals surface area contributed by atoms with E-state index in [9.17, 15) is 44.1 Å². The third kappa shape index (κ3) is 12.9. The molecule has 73 heavy (non-hydrogen) atoms. The van der Waals surface area contributed by atoms with Crippen molar-refractivity contribution in [1.82, 2.24) is 35.9 Å². The molecule has 2 atom stereocenters. The van der Waals surface area contributed by atoms with Crippen molar-refractivity contribution in [3.63, 3.8) is 0 Å². The van der Waals surface area contributed by atoms with Gasteiger partial charge in [-0.15, -0.1) is 0 Å². The molecule has 1 aliphatic rings. The van der Waals surface area contributed by atoms with Gasteiger partial charge in [-0.05, 0) is 117 Å². The van der Waals surface area contributed by atoms with Crippen LogP contribution >= 0.6 is 12.2 Å². The van der Waals surface area contributed by atoms with Gasteiger partial charge in [0.25, 0.3) is 11.5 Å². The summed E-state index contributed by atoms with van der Waals surface area (Å²) in [4.78, 5) is 91.8. The number of nitrogen functional groups attached to an aromatic ring is 1. The van der Waals surface area contributed by atoms with Crippen LogP contribution < -0.4 is 58.0 Å². The van der Waals surface area contributed by atoms with Crippen molar-refractivity contribution in [1.29, 1.82) is 0 Å². The smallest absolute Gasteiger partial charge is 0.336 e. The fourth-order valence-corrected chi connectivity index (χ4v) is 8.37. The van der Waals surface area contributed by atoms with Gasteiger partial charge < -0.3 is 57.3 Å². The lowest BCUT2D eigenvalue weighted by Crippen LogP contribution is -2.44. The molecular formula is C51H53N11O10S. The number of rotatable bonds is 22. The number of aromatic carboxylic acids is 1. The number of carbonyl (C=O) groups excluding carboxylic acids is 2. The van der Waals surface area contributed by atoms with E-state index in [4.69, 9.17) is 22.7 Å². The van der Waals surface area contributed by atoms with Gasteiger partial charge in [-0.25, -0.2) is 24.4 Å². The molecule has 0 spiro atoms. The highest BCUT2D eigenvalue weighted by Gasteiger charge is 2.27. The van der Waals surface area contributed by atoms with E-state index in [1.54, 1.807) is 24.3 Å². The first-order valence-corrected chi connectivity index (χ1v) is 23.7. The second-order valence-corrected chi connectivity index (χ2v) is 17.3. The number of H-pyrrole nitrogens is 1. The lowest BCUT2D eigenvalue weighted by atomic mass is 9.89. The fraction of sp³-hybridized carbons (Fsp3) is 0.255. The van der Waals surface area contributed by atoms with Crippen LogP contribution in [0.3, 0.4) is 0 Å². The number of carboxylic acids is 3. The zero-order valence-corrected chi connectivity index (χ0v) is 40.6. The fourth-order valence-electron chi connectivity index (χ4n) is 8.15. The average Bonchev–Trinajstić information content (AvgIpc) is 3.36. The van der Waals surface area contributed by atoms with Gasteiger partial charge in [-0.1, -0.05) is 24.8 Å². The first kappa shape index (κ1) is 51.9. The molecule has 2 amide bonds. The number of fused-ring (bicyclic) bond motifs is 3. The van der Waals surface area contributed by atoms with E-state index in [1.165, 1.54) is 24.4 Å². The van der Waals surface area contributed by atoms with E-state index < -0.39 is 47.4 Å². The molecule has 2 unspecified atom stereocenters. The molecule has 7 rings (SSSR count). The number of nitrogens with zero attached hydrogens (tertiary/aromatic N) is 4. The number of carbonyl (C=O) groups is 5. The Hall–Kier alpha value is -8.92. The Morgan fingerprint density at radius 2 is 1.55 bits per heavy atom. The number of thiocarbonyl (C=S) groups is 1. The SMILES string of the molecule is C=c1ccc2c(c1)Oc1cc(N(CC)CC)ccc1C=2c1ccc(NC(=S)NCCCCC(NC(=O)CCC(NC(=O)c2ccc(NCc3cnc4nc(N)[nH]c(=O)c4n3)cc2)C(=O)O)C(=O)O)cc1C(=O)O. The molecule has 0 aliphatic carbocycles. The zero-order chi connectivity index (χ0) is 52.3. The second kappa shape index (κ2) is 23.3. The quantitative estimate of drug-likeness (QED) is 0.0340. The highest BCUT2D eigenvalue weighted by Crippen LogP contribution is 2.39. The minimum Gasteiger partial charge on any atom is -0.480 e. The normalized spacial score (nSPS) is 12.3. The Kier molecular flexibility index (Phi) is 16.6. The summed E-state index contributed by atoms with van der Waals surface area (Å²) in [6, 6.07) is 19.8. The monoisotopic (exact) mass is 1010 g/mol. The number of hydrogen-bond donors (Lipinski definition) is 10. The molecule has 4 aromatic carbocycles. The first-order chi connectivity index (χ1) is 35.0. The van der Waals surface area contributed by atoms with Crippen LogP contribution in [0.4, 0.5) is 23.0 Å². The number of unbranched alkanes of at least 4 members (excludes halogenated alkanes) is 1. The van der Waals surface area contributed by atoms with Gasteiger partial charge in [-0.2, -0.15) is 4.98 Å². The van der Waals surface area contributed by atoms with Crippen LogP contribution in [0.2, 0.25) is 0 Å². The number of aliphatic carboxylic acids is 2. The maximum absolute atomic E-state index is 13.0. The Bertz CT molecular complexity index is 3290. The van der Waals surface area contributed by atoms with E-state index in [-0.39, 0.29) is 59.2 Å². The van der Waals surface area contributed by atoms with Crippen molar-refractivity contribution in [2.75, 3.05) is 40.9 Å². The van der Waals surface area contributed by atoms with Crippen molar-refractivity contribution >= 4 is 93.4 Å². The van der Waals surface area contributed by atoms with Gasteiger partial charge in [0.1, 0.15) is 23.6 Å². The van der Waals surface area contributed by atoms with Crippen molar-refractivity contribution in [3.05, 3.63) is 134 Å². The number of aromatic nitrogens is 4. The maximum Gasteiger partial charge on any atom is 0.336 e. The number of benzene rings is 4. The highest BCUT2D eigenvalue weighted by atomic mass is 32.1. The molecule has 378 valence electrons. The van der Waals surface area contributed by atoms with Crippen LogP contribution in [0.5, 0.6) is 11.5 Å². The molecule has 0 saturated carbocycles. The summed E-state index contributed by atoms with van der Waals surface area (Å²) < 4.78 is 6.37. The lowest BCUT2D eigenvalue weighted by molar-refractivity contribution is -0.142. The Morgan fingerprint density at radius 1 is 0.836 bits per heavy atom. The summed E-state index contributed by atoms with van der Waals surface area (Å²) in [6.07, 6.45) is 1.60. The van der Waals surface area contributed by atoms with Gasteiger partial charge in [0.05, 0.1) is 24.0 Å². The van der Waals surface area contributed by atoms with Gasteiger partial charge in [0.2, 0.25) is 11.9 Å². The van der Waals surface area contributed by atoms with Gasteiger partial charge in [0, 0.05) is 71.1 Å². The van der Waals surface area contributed by atoms with E-state index in [1.807, 2.05) is 36.4 Å². The van der Waals surface area contributed by atoms with Crippen LogP contribution in [-0.2, 0) is 20.9 Å². The number of carboxylic acid groups (broad SMARTS) is 3. The van der Waals surface area contributed by atoms with Gasteiger partial charge in [-0.3, -0.25) is 19.4 Å². The van der Waals surface area contributed by atoms with Crippen LogP contribution in [0.25, 0.3) is 23.3 Å². The number of anilines is 4. The summed E-state index contributed by atoms with van der Waals surface area (Å²) >= 11 is 5.50. The molecule has 0 saturated heterocycles. The van der Waals surface area contributed by atoms with Crippen molar-refractivity contribution in [3.8, 4) is 11.5 Å². The van der Waals surface area contributed by atoms with Crippen molar-refractivity contribution < 1.29 is 44.0 Å². The van der Waals surface area contributed by atoms with Crippen LogP contribution in [-0.4, -0.2) is 102 Å². The molecule has 22 heteroatoms. The molecule has 3 heterocycles. The summed E-state index contributed by atoms with van der Waals surface area (Å²) in [6.45, 7) is 10.3. The lowest BCUT2D eigenvalue weighted by Gasteiger charge is -2.26. The largest absolute Gasteiger partial charge is 0.480 e. The number of hydrogen-bond acceptors (Lipinski definition) is 14. The molecule has 0 fully saturated rings. The van der Waals surface area contributed by atoms with Gasteiger partial charge >= 0.3 is 17.9 Å². The molecule has 21 nitrogen and oxygen atoms in total. The van der Waals surface area contributed by atoms with E-state index in [0.29, 0.717) is 59.1 Å². The first-order valence-electron chi connectivity index (χ1n) is 23.3. The molecular weight excluding hydrogens is 959 g/mol. The zero-order valence-electron chi connectivity index (χ0n) is 39.8. The molecule has 0 radical (unpaired) electrons. The summed E-state index contributed by atoms with van der Waals surface area (Å²) in [5, 5.41) is 45.8. The predicted octanol–water partition coefficient (Wildman–Crippen LogP) is 3.90. The second-order valence-electron chi connectivity index (χ2n) is 16.9. The van der Waals surface area contributed by atoms with Gasteiger partial charge in [0.15, 0.2) is 16.3 Å². The third-order valence-electron chi connectivity index (χ3n) is 11.9. The minimum atomic E-state index is -1.45. The minimum absolute atomic E-state index is 0.0216. The molecule has 2 aromatic heterocycles. The standard InChI is InChI=1S/C51H53N11O10S/c1-4-62(5-2)32-15-18-35-40(24-32)72-39-22-27(3)9-16-34(39)42(35)33-17-14-30(23-36(33)47(66)67)57-51(73)53-21-7-6-8-37(48(68)69)58-41(63)20-19-38(49(70)71)59-45(64)28-10-12-29(13-11-28)54-25-31-26-55-44-43(56-31)46(65)61-50(52)60-44/h9-18,22-24,26,37-38,54H,3-8,19-21,25H2,1-2H3,(H,58,63)(H,59,64)(H,66,67)(H,68,69)(H,70,71)(H2,53,57,73)(H3,52,55,60,61,65). The Morgan fingerprint density at radius 3 is 2.26 bits per heavy atom. The number of aromatic amines is 1. The Balaban J connectivity index is 0.869. The van der Waals surface area contributed by atoms with E-state index >= 15 is 0 Å². The summed E-state index contributed by atoms with van der Waals surface area (Å²) in [5.41, 5.74) is 9.65. The maximum atomic E-state index is 13.0. The molecule has 1 aliphatic heterocycles. The van der Waals surface area contributed by atoms with Crippen LogP contribution in [0.1, 0.15) is 83.5 Å². The number of nitrogens with two attached hydrogens (primary N) is 1. The number of ether oxygens (including phenoxy) is 1. The van der Waals surface area contributed by atoms with Crippen LogP contribution in [0, 0.1) is 0 Å². The molecule has 0 bridgehead atoms. The topological polar surface area (TPSA) is 316 Å². The van der Waals surface area contributed by atoms with Crippen molar-refractivity contribution in [2.24, 2.45) is 0 Å². The van der Waals surface area contributed by atoms with Crippen molar-refractivity contribution in [2.45, 2.75) is 64.6 Å². The predicted molar refractivity (Wildman–Crippen MR) is 278 cm³/mol. The van der Waals surface area contributed by atoms with Crippen LogP contribution in [0.15, 0.2) is 89.9 Å². The number of nitrogens with one attached hydrogen (secondary N) is 6. The average molecular weight is 1010 g/mol. The highest BCUT2D eigenvalue weighted by molar-refractivity contribution is 7.80. The summed E-state index contributed by atoms with van der Waals surface area (Å²) in [7, 11) is 0. The molecule has 11 N–H and O–H groups in total. The Labute approximate surface area is 422 Å². The third-order valence-corrected chi connectivity index (χ3v) is 12.1. The molecule has 6 aromatic rings. The summed E-state index contributed by atoms with van der Waals surface area (Å²) in [5.74, 6) is -4.14. The van der Waals surface area contributed by atoms with E-state index in [2.05, 4.69) is 71.8 Å².